The maximum Gasteiger partial charge on any atom is 0.397 e. The van der Waals surface area contributed by atoms with E-state index >= 15 is 0 Å². The second-order valence-corrected chi connectivity index (χ2v) is 16.3. The van der Waals surface area contributed by atoms with Gasteiger partial charge in [0, 0.05) is 13.0 Å². The van der Waals surface area contributed by atoms with Crippen LogP contribution in [0.15, 0.2) is 24.3 Å². The van der Waals surface area contributed by atoms with Crippen LogP contribution in [0.3, 0.4) is 0 Å². The maximum atomic E-state index is 12.8. The van der Waals surface area contributed by atoms with Gasteiger partial charge in [-0.15, -0.1) is 0 Å². The molecule has 1 fully saturated rings. The number of carbonyl (C=O) groups excluding carboxylic acids is 1. The molecule has 1 saturated heterocycles. The molecule has 1 rings (SSSR count). The zero-order chi connectivity index (χ0) is 41.1. The Labute approximate surface area is 340 Å². The summed E-state index contributed by atoms with van der Waals surface area (Å²) < 4.78 is 59.0. The van der Waals surface area contributed by atoms with E-state index in [0.29, 0.717) is 13.0 Å². The van der Waals surface area contributed by atoms with Gasteiger partial charge in [0.2, 0.25) is 0 Å². The van der Waals surface area contributed by atoms with Gasteiger partial charge in [-0.3, -0.25) is 9.35 Å². The van der Waals surface area contributed by atoms with Gasteiger partial charge in [0.05, 0.1) is 19.8 Å². The van der Waals surface area contributed by atoms with Crippen LogP contribution in [0.4, 0.5) is 0 Å². The molecule has 4 N–H and O–H groups in total. The molecule has 0 amide bonds. The molecule has 12 nitrogen and oxygen atoms in total. The minimum absolute atomic E-state index is 0.0321. The average molecular weight is 821 g/mol. The molecule has 0 aliphatic carbocycles. The summed E-state index contributed by atoms with van der Waals surface area (Å²) in [5.41, 5.74) is 0. The topological polar surface area (TPSA) is 178 Å². The van der Waals surface area contributed by atoms with Crippen molar-refractivity contribution in [1.29, 1.82) is 0 Å². The summed E-state index contributed by atoms with van der Waals surface area (Å²) >= 11 is 0. The summed E-state index contributed by atoms with van der Waals surface area (Å²) in [6, 6.07) is 0. The summed E-state index contributed by atoms with van der Waals surface area (Å²) in [4.78, 5) is 12.8. The normalized spacial score (nSPS) is 21.0. The molecule has 1 aliphatic rings. The predicted molar refractivity (Wildman–Crippen MR) is 221 cm³/mol. The highest BCUT2D eigenvalue weighted by molar-refractivity contribution is 7.80. The van der Waals surface area contributed by atoms with Gasteiger partial charge in [-0.25, -0.2) is 4.18 Å². The fraction of sp³-hybridized carbons (Fsp3) is 0.884. The third-order valence-electron chi connectivity index (χ3n) is 10.1. The van der Waals surface area contributed by atoms with E-state index in [4.69, 9.17) is 23.5 Å². The number of unbranched alkanes of at least 4 members (excludes halogenated alkanes) is 21. The van der Waals surface area contributed by atoms with E-state index in [1.165, 1.54) is 96.3 Å². The maximum absolute atomic E-state index is 12.8. The summed E-state index contributed by atoms with van der Waals surface area (Å²) in [7, 11) is -5.06. The van der Waals surface area contributed by atoms with Gasteiger partial charge >= 0.3 is 16.4 Å². The van der Waals surface area contributed by atoms with E-state index in [9.17, 15) is 28.5 Å². The Kier molecular flexibility index (Phi) is 33.4. The monoisotopic (exact) mass is 821 g/mol. The highest BCUT2D eigenvalue weighted by Crippen LogP contribution is 2.26. The molecule has 0 aromatic rings. The number of ether oxygens (including phenoxy) is 4. The van der Waals surface area contributed by atoms with Crippen LogP contribution in [0.5, 0.6) is 0 Å². The number of hydrogen-bond acceptors (Lipinski definition) is 11. The fourth-order valence-corrected chi connectivity index (χ4v) is 7.21. The zero-order valence-corrected chi connectivity index (χ0v) is 35.8. The van der Waals surface area contributed by atoms with Gasteiger partial charge in [-0.2, -0.15) is 8.42 Å². The summed E-state index contributed by atoms with van der Waals surface area (Å²) in [6.07, 6.45) is 29.2. The molecule has 1 aliphatic heterocycles. The standard InChI is InChI=1S/C43H80O12S/c1-3-5-7-9-11-13-15-17-18-19-20-21-23-25-27-29-31-33-51-35-37(53-39(45)32-30-28-26-24-22-16-14-12-10-8-6-4-2)36-52-43-41(47)42(55-56(48,49)50)40(46)38(34-44)54-43/h13,15,18-19,37-38,40-44,46-47H,3-12,14,16-17,20-36H2,1-2H3,(H,48,49,50)/b15-13-,19-18-. The summed E-state index contributed by atoms with van der Waals surface area (Å²) in [5, 5.41) is 30.6. The SMILES string of the molecule is CCCCCC/C=C\C/C=C\CCCCCCCCOCC(COC1OC(CO)C(O)C(OS(=O)(=O)O)C1O)OC(=O)CCCCCCCCCCCCCC. The number of hydrogen-bond donors (Lipinski definition) is 4. The molecule has 0 bridgehead atoms. The smallest absolute Gasteiger partial charge is 0.397 e. The van der Waals surface area contributed by atoms with Crippen LogP contribution in [-0.4, -0.2) is 97.5 Å². The minimum atomic E-state index is -5.06. The third kappa shape index (κ3) is 28.9. The van der Waals surface area contributed by atoms with Gasteiger partial charge < -0.3 is 34.3 Å². The number of rotatable bonds is 38. The Morgan fingerprint density at radius 3 is 1.71 bits per heavy atom. The molecule has 0 saturated carbocycles. The van der Waals surface area contributed by atoms with Crippen molar-refractivity contribution < 1.29 is 56.2 Å². The molecular formula is C43H80O12S. The molecule has 6 unspecified atom stereocenters. The summed E-state index contributed by atoms with van der Waals surface area (Å²) in [6.45, 7) is 3.95. The van der Waals surface area contributed by atoms with Crippen molar-refractivity contribution in [1.82, 2.24) is 0 Å². The lowest BCUT2D eigenvalue weighted by Gasteiger charge is -2.41. The van der Waals surface area contributed by atoms with Crippen LogP contribution < -0.4 is 0 Å². The van der Waals surface area contributed by atoms with Crippen LogP contribution in [0.1, 0.15) is 181 Å². The lowest BCUT2D eigenvalue weighted by molar-refractivity contribution is -0.301. The van der Waals surface area contributed by atoms with Crippen molar-refractivity contribution in [2.75, 3.05) is 26.4 Å². The van der Waals surface area contributed by atoms with Gasteiger partial charge in [0.15, 0.2) is 6.29 Å². The molecule has 13 heteroatoms. The van der Waals surface area contributed by atoms with Gasteiger partial charge in [-0.05, 0) is 44.9 Å². The van der Waals surface area contributed by atoms with E-state index in [0.717, 1.165) is 57.8 Å². The van der Waals surface area contributed by atoms with Crippen LogP contribution in [0.2, 0.25) is 0 Å². The first-order chi connectivity index (χ1) is 27.1. The first-order valence-electron chi connectivity index (χ1n) is 22.1. The molecule has 56 heavy (non-hydrogen) atoms. The van der Waals surface area contributed by atoms with Crippen LogP contribution in [-0.2, 0) is 38.3 Å². The van der Waals surface area contributed by atoms with Crippen LogP contribution in [0.25, 0.3) is 0 Å². The quantitative estimate of drug-likeness (QED) is 0.0202. The number of esters is 1. The molecule has 6 atom stereocenters. The van der Waals surface area contributed by atoms with Crippen molar-refractivity contribution >= 4 is 16.4 Å². The Balaban J connectivity index is 2.44. The van der Waals surface area contributed by atoms with E-state index in [1.807, 2.05) is 0 Å². The van der Waals surface area contributed by atoms with E-state index < -0.39 is 59.8 Å². The molecule has 0 spiro atoms. The number of aliphatic hydroxyl groups excluding tert-OH is 3. The molecule has 330 valence electrons. The molecule has 0 aromatic heterocycles. The van der Waals surface area contributed by atoms with Crippen molar-refractivity contribution in [3.8, 4) is 0 Å². The Hall–Kier alpha value is -1.42. The fourth-order valence-electron chi connectivity index (χ4n) is 6.70. The summed E-state index contributed by atoms with van der Waals surface area (Å²) in [5.74, 6) is -0.403. The first kappa shape index (κ1) is 52.6. The second kappa shape index (κ2) is 35.5. The first-order valence-corrected chi connectivity index (χ1v) is 23.5. The second-order valence-electron chi connectivity index (χ2n) is 15.3. The van der Waals surface area contributed by atoms with Crippen LogP contribution >= 0.6 is 0 Å². The lowest BCUT2D eigenvalue weighted by atomic mass is 9.99. The zero-order valence-electron chi connectivity index (χ0n) is 34.9. The number of carbonyl (C=O) groups is 1. The van der Waals surface area contributed by atoms with Crippen molar-refractivity contribution in [3.63, 3.8) is 0 Å². The number of aliphatic hydroxyl groups is 3. The van der Waals surface area contributed by atoms with Crippen molar-refractivity contribution in [3.05, 3.63) is 24.3 Å². The van der Waals surface area contributed by atoms with Crippen molar-refractivity contribution in [2.24, 2.45) is 0 Å². The molecule has 0 radical (unpaired) electrons. The van der Waals surface area contributed by atoms with E-state index in [2.05, 4.69) is 42.3 Å². The minimum Gasteiger partial charge on any atom is -0.457 e. The lowest BCUT2D eigenvalue weighted by Crippen LogP contribution is -2.60. The Bertz CT molecular complexity index is 1080. The Morgan fingerprint density at radius 1 is 0.679 bits per heavy atom. The third-order valence-corrected chi connectivity index (χ3v) is 10.5. The molecule has 1 heterocycles. The van der Waals surface area contributed by atoms with Gasteiger partial charge in [0.1, 0.15) is 30.5 Å². The van der Waals surface area contributed by atoms with E-state index in [-0.39, 0.29) is 19.6 Å². The average Bonchev–Trinajstić information content (AvgIpc) is 3.17. The largest absolute Gasteiger partial charge is 0.457 e. The van der Waals surface area contributed by atoms with Crippen LogP contribution in [0, 0.1) is 0 Å². The predicted octanol–water partition coefficient (Wildman–Crippen LogP) is 8.85. The van der Waals surface area contributed by atoms with Gasteiger partial charge in [0.25, 0.3) is 0 Å². The molecular weight excluding hydrogens is 741 g/mol. The van der Waals surface area contributed by atoms with Gasteiger partial charge in [-0.1, -0.05) is 154 Å². The Morgan fingerprint density at radius 2 is 1.18 bits per heavy atom. The van der Waals surface area contributed by atoms with Crippen molar-refractivity contribution in [2.45, 2.75) is 218 Å². The highest BCUT2D eigenvalue weighted by atomic mass is 32.3. The molecule has 0 aromatic carbocycles. The van der Waals surface area contributed by atoms with E-state index in [1.54, 1.807) is 0 Å². The number of allylic oxidation sites excluding steroid dienone is 4. The highest BCUT2D eigenvalue weighted by Gasteiger charge is 2.48.